The first-order valence-electron chi connectivity index (χ1n) is 12.2. The molecule has 0 unspecified atom stereocenters. The average Bonchev–Trinajstić information content (AvgIpc) is 3.24. The molecule has 0 aliphatic heterocycles. The Balaban J connectivity index is 2.39. The van der Waals surface area contributed by atoms with Crippen molar-refractivity contribution in [1.82, 2.24) is 0 Å². The van der Waals surface area contributed by atoms with E-state index in [2.05, 4.69) is 56.1 Å². The molecule has 0 nitrogen and oxygen atoms in total. The van der Waals surface area contributed by atoms with E-state index in [1.165, 1.54) is 77.0 Å². The standard InChI is InChI=1S/2C12H19.2CH3.Hf.H2Si/c2*1-3-5-7-12-9-8-11(10-12)6-4-2;;;;/h2*10H,3-7,9H2,1-2H3;2*1H3;;1H2. The van der Waals surface area contributed by atoms with Gasteiger partial charge >= 0.3 is 179 Å². The van der Waals surface area contributed by atoms with E-state index in [1.54, 1.807) is 22.3 Å². The maximum absolute atomic E-state index is 3.23. The van der Waals surface area contributed by atoms with Crippen LogP contribution in [-0.4, -0.2) is 6.94 Å². The minimum atomic E-state index is -3.23. The second-order valence-electron chi connectivity index (χ2n) is 10.4. The summed E-state index contributed by atoms with van der Waals surface area (Å²) in [6, 6.07) is 0. The van der Waals surface area contributed by atoms with Crippen LogP contribution in [0.15, 0.2) is 41.1 Å². The number of hydrogen-bond acceptors (Lipinski definition) is 0. The van der Waals surface area contributed by atoms with Crippen LogP contribution in [0.5, 0.6) is 0 Å². The van der Waals surface area contributed by atoms with Crippen molar-refractivity contribution >= 4 is 6.94 Å². The normalized spacial score (nSPS) is 18.2. The van der Waals surface area contributed by atoms with Gasteiger partial charge in [-0.1, -0.05) is 0 Å². The fraction of sp³-hybridized carbons (Fsp3) is 0.692. The molecule has 158 valence electrons. The molecule has 0 saturated heterocycles. The van der Waals surface area contributed by atoms with Gasteiger partial charge in [0.25, 0.3) is 0 Å². The first-order chi connectivity index (χ1) is 13.3. The fourth-order valence-electron chi connectivity index (χ4n) is 5.34. The van der Waals surface area contributed by atoms with Gasteiger partial charge in [-0.3, -0.25) is 0 Å². The molecular formula is C26H46HfSi. The van der Waals surface area contributed by atoms with Gasteiger partial charge in [-0.25, -0.2) is 0 Å². The van der Waals surface area contributed by atoms with Crippen molar-refractivity contribution in [3.05, 3.63) is 41.1 Å². The van der Waals surface area contributed by atoms with Crippen LogP contribution < -0.4 is 0 Å². The van der Waals surface area contributed by atoms with Gasteiger partial charge < -0.3 is 0 Å². The molecule has 0 aromatic heterocycles. The van der Waals surface area contributed by atoms with E-state index in [1.807, 2.05) is 6.66 Å². The van der Waals surface area contributed by atoms with Crippen molar-refractivity contribution in [2.45, 2.75) is 114 Å². The molecule has 2 aliphatic rings. The number of hydrogen-bond donors (Lipinski definition) is 0. The van der Waals surface area contributed by atoms with E-state index >= 15 is 0 Å². The van der Waals surface area contributed by atoms with Crippen molar-refractivity contribution in [2.75, 3.05) is 0 Å². The predicted octanol–water partition coefficient (Wildman–Crippen LogP) is 8.47. The second kappa shape index (κ2) is 10.4. The quantitative estimate of drug-likeness (QED) is 0.208. The molecule has 0 amide bonds. The van der Waals surface area contributed by atoms with Crippen molar-refractivity contribution < 1.29 is 17.1 Å². The summed E-state index contributed by atoms with van der Waals surface area (Å²) in [7, 11) is 0. The zero-order chi connectivity index (χ0) is 20.8. The van der Waals surface area contributed by atoms with Crippen molar-refractivity contribution in [3.63, 3.8) is 0 Å². The van der Waals surface area contributed by atoms with Gasteiger partial charge in [-0.15, -0.1) is 0 Å². The molecule has 2 heteroatoms. The first-order valence-corrected chi connectivity index (χ1v) is 31.3. The third-order valence-corrected chi connectivity index (χ3v) is 31.5. The van der Waals surface area contributed by atoms with Crippen LogP contribution in [0.1, 0.15) is 105 Å². The van der Waals surface area contributed by atoms with E-state index in [-0.39, 0.29) is 0 Å². The maximum atomic E-state index is 2.78. The zero-order valence-corrected chi connectivity index (χ0v) is 24.9. The number of rotatable bonds is 12. The molecule has 0 spiro atoms. The average molecular weight is 565 g/mol. The van der Waals surface area contributed by atoms with E-state index < -0.39 is 17.1 Å². The van der Waals surface area contributed by atoms with Gasteiger partial charge in [-0.2, -0.15) is 0 Å². The Morgan fingerprint density at radius 3 is 1.39 bits per heavy atom. The molecule has 0 aromatic rings. The molecule has 0 radical (unpaired) electrons. The Hall–Kier alpha value is 0.0470. The van der Waals surface area contributed by atoms with E-state index in [0.717, 1.165) is 0 Å². The van der Waals surface area contributed by atoms with Crippen molar-refractivity contribution in [1.29, 1.82) is 0 Å². The Labute approximate surface area is 178 Å². The van der Waals surface area contributed by atoms with Gasteiger partial charge in [0, 0.05) is 0 Å². The second-order valence-corrected chi connectivity index (χ2v) is 51.4. The predicted molar refractivity (Wildman–Crippen MR) is 129 cm³/mol. The van der Waals surface area contributed by atoms with Crippen LogP contribution in [-0.2, 0) is 17.1 Å². The Morgan fingerprint density at radius 2 is 1.07 bits per heavy atom. The molecule has 0 atom stereocenters. The Morgan fingerprint density at radius 1 is 0.679 bits per heavy atom. The molecule has 0 N–H and O–H groups in total. The van der Waals surface area contributed by atoms with Crippen LogP contribution in [0.3, 0.4) is 0 Å². The van der Waals surface area contributed by atoms with Gasteiger partial charge in [-0.05, 0) is 0 Å². The topological polar surface area (TPSA) is 0 Å². The zero-order valence-electron chi connectivity index (χ0n) is 19.8. The monoisotopic (exact) mass is 566 g/mol. The first kappa shape index (κ1) is 24.3. The van der Waals surface area contributed by atoms with E-state index in [9.17, 15) is 0 Å². The third-order valence-electron chi connectivity index (χ3n) is 7.02. The molecule has 0 saturated carbocycles. The van der Waals surface area contributed by atoms with Gasteiger partial charge in [0.15, 0.2) is 0 Å². The van der Waals surface area contributed by atoms with Crippen LogP contribution >= 0.6 is 0 Å². The molecular weight excluding hydrogens is 519 g/mol. The molecule has 2 rings (SSSR count). The molecule has 28 heavy (non-hydrogen) atoms. The minimum absolute atomic E-state index is 1.28. The molecule has 2 aliphatic carbocycles. The van der Waals surface area contributed by atoms with Crippen molar-refractivity contribution in [2.24, 2.45) is 0 Å². The van der Waals surface area contributed by atoms with Gasteiger partial charge in [0.1, 0.15) is 0 Å². The van der Waals surface area contributed by atoms with Gasteiger partial charge in [0.05, 0.1) is 0 Å². The summed E-state index contributed by atoms with van der Waals surface area (Å²) in [6.07, 6.45) is 21.1. The summed E-state index contributed by atoms with van der Waals surface area (Å²) >= 11 is -3.23. The molecule has 0 fully saturated rings. The number of allylic oxidation sites excluding steroid dienone is 8. The number of unbranched alkanes of at least 4 members (excludes halogenated alkanes) is 2. The SMILES string of the molecule is CCCCC1=CC(CCC)=[C]([Hf]([CH3])([CH3])(=[SiH2])[C]2=C(CCC)C=C(CCCC)C2)C1. The molecule has 0 bridgehead atoms. The van der Waals surface area contributed by atoms with Crippen LogP contribution in [0.4, 0.5) is 0 Å². The van der Waals surface area contributed by atoms with Gasteiger partial charge in [0.2, 0.25) is 0 Å². The summed E-state index contributed by atoms with van der Waals surface area (Å²) in [4.78, 5) is 0. The molecule has 0 aromatic carbocycles. The molecule has 0 heterocycles. The van der Waals surface area contributed by atoms with Crippen LogP contribution in [0.25, 0.3) is 0 Å². The summed E-state index contributed by atoms with van der Waals surface area (Å²) in [5, 5.41) is 0. The summed E-state index contributed by atoms with van der Waals surface area (Å²) in [5.74, 6) is 0. The fourth-order valence-corrected chi connectivity index (χ4v) is 26.9. The van der Waals surface area contributed by atoms with E-state index in [0.29, 0.717) is 0 Å². The van der Waals surface area contributed by atoms with Crippen LogP contribution in [0, 0.1) is 0 Å². The summed E-state index contributed by atoms with van der Waals surface area (Å²) < 4.78 is 9.46. The Kier molecular flexibility index (Phi) is 9.01. The van der Waals surface area contributed by atoms with Crippen LogP contribution in [0.2, 0.25) is 9.36 Å². The summed E-state index contributed by atoms with van der Waals surface area (Å²) in [5.41, 5.74) is 7.01. The van der Waals surface area contributed by atoms with Crippen molar-refractivity contribution in [3.8, 4) is 0 Å². The Bertz CT molecular complexity index is 693. The summed E-state index contributed by atoms with van der Waals surface area (Å²) in [6.45, 7) is 11.9. The third kappa shape index (κ3) is 5.59. The van der Waals surface area contributed by atoms with E-state index in [4.69, 9.17) is 0 Å².